The lowest BCUT2D eigenvalue weighted by Gasteiger charge is -2.43. The molecular weight excluding hydrogens is 298 g/mol. The molecule has 7 nitrogen and oxygen atoms in total. The number of aromatic amines is 1. The maximum Gasteiger partial charge on any atom is 0.314 e. The molecule has 23 heavy (non-hydrogen) atoms. The van der Waals surface area contributed by atoms with Crippen LogP contribution in [0.4, 0.5) is 0 Å². The Bertz CT molecular complexity index is 579. The molecule has 0 unspecified atom stereocenters. The topological polar surface area (TPSA) is 107 Å². The Morgan fingerprint density at radius 1 is 1.43 bits per heavy atom. The second kappa shape index (κ2) is 6.70. The number of amides is 1. The molecule has 128 valence electrons. The van der Waals surface area contributed by atoms with Crippen LogP contribution >= 0.6 is 0 Å². The average molecular weight is 323 g/mol. The van der Waals surface area contributed by atoms with Crippen LogP contribution in [0, 0.1) is 19.3 Å². The lowest BCUT2D eigenvalue weighted by molar-refractivity contribution is -0.166. The third-order valence-corrected chi connectivity index (χ3v) is 4.87. The summed E-state index contributed by atoms with van der Waals surface area (Å²) < 4.78 is 0. The van der Waals surface area contributed by atoms with Gasteiger partial charge in [0.25, 0.3) is 0 Å². The van der Waals surface area contributed by atoms with Crippen LogP contribution in [-0.4, -0.2) is 56.4 Å². The summed E-state index contributed by atoms with van der Waals surface area (Å²) in [6.45, 7) is 6.03. The molecule has 1 aromatic heterocycles. The van der Waals surface area contributed by atoms with Crippen molar-refractivity contribution in [3.8, 4) is 0 Å². The number of aromatic nitrogens is 2. The van der Waals surface area contributed by atoms with Crippen LogP contribution in [0.15, 0.2) is 0 Å². The molecule has 3 N–H and O–H groups in total. The van der Waals surface area contributed by atoms with E-state index < -0.39 is 17.5 Å². The second-order valence-corrected chi connectivity index (χ2v) is 6.42. The SMILES string of the molecule is CCC[C@@]1(C(=O)O)CN(C(=O)Cc2c(C)n[nH]c2C)CC[C@H]1O. The highest BCUT2D eigenvalue weighted by Gasteiger charge is 2.49. The van der Waals surface area contributed by atoms with Gasteiger partial charge in [0.15, 0.2) is 0 Å². The minimum absolute atomic E-state index is 0.0616. The van der Waals surface area contributed by atoms with Gasteiger partial charge in [0, 0.05) is 24.3 Å². The van der Waals surface area contributed by atoms with Gasteiger partial charge in [-0.1, -0.05) is 13.3 Å². The van der Waals surface area contributed by atoms with Gasteiger partial charge in [0.05, 0.1) is 18.2 Å². The van der Waals surface area contributed by atoms with E-state index in [9.17, 15) is 19.8 Å². The van der Waals surface area contributed by atoms with E-state index in [0.29, 0.717) is 25.8 Å². The van der Waals surface area contributed by atoms with Crippen molar-refractivity contribution in [1.82, 2.24) is 15.1 Å². The normalized spacial score (nSPS) is 24.7. The first kappa shape index (κ1) is 17.5. The van der Waals surface area contributed by atoms with Gasteiger partial charge in [-0.3, -0.25) is 14.7 Å². The number of hydrogen-bond donors (Lipinski definition) is 3. The molecule has 7 heteroatoms. The zero-order valence-corrected chi connectivity index (χ0v) is 13.9. The summed E-state index contributed by atoms with van der Waals surface area (Å²) in [6.07, 6.45) is 0.581. The molecule has 2 rings (SSSR count). The molecule has 1 aliphatic rings. The predicted molar refractivity (Wildman–Crippen MR) is 83.9 cm³/mol. The van der Waals surface area contributed by atoms with Crippen molar-refractivity contribution >= 4 is 11.9 Å². The number of carbonyl (C=O) groups is 2. The predicted octanol–water partition coefficient (Wildman–Crippen LogP) is 1.03. The lowest BCUT2D eigenvalue weighted by Crippen LogP contribution is -2.57. The van der Waals surface area contributed by atoms with E-state index in [1.807, 2.05) is 20.8 Å². The highest BCUT2D eigenvalue weighted by atomic mass is 16.4. The standard InChI is InChI=1S/C16H25N3O4/c1-4-6-16(15(22)23)9-19(7-5-13(16)20)14(21)8-12-10(2)17-18-11(12)3/h13,20H,4-9H2,1-3H3,(H,17,18)(H,22,23)/t13-,16-/m1/s1. The monoisotopic (exact) mass is 323 g/mol. The fourth-order valence-electron chi connectivity index (χ4n) is 3.40. The van der Waals surface area contributed by atoms with E-state index >= 15 is 0 Å². The number of H-pyrrole nitrogens is 1. The molecule has 0 aliphatic carbocycles. The number of nitrogens with zero attached hydrogens (tertiary/aromatic N) is 2. The molecule has 0 saturated carbocycles. The van der Waals surface area contributed by atoms with Gasteiger partial charge < -0.3 is 15.1 Å². The number of rotatable bonds is 5. The van der Waals surface area contributed by atoms with Crippen LogP contribution in [0.5, 0.6) is 0 Å². The summed E-state index contributed by atoms with van der Waals surface area (Å²) in [5.74, 6) is -1.15. The van der Waals surface area contributed by atoms with Crippen molar-refractivity contribution in [2.75, 3.05) is 13.1 Å². The van der Waals surface area contributed by atoms with Gasteiger partial charge in [-0.15, -0.1) is 0 Å². The third-order valence-electron chi connectivity index (χ3n) is 4.87. The molecule has 2 atom stereocenters. The van der Waals surface area contributed by atoms with Crippen molar-refractivity contribution in [2.45, 2.75) is 52.6 Å². The van der Waals surface area contributed by atoms with Crippen LogP contribution in [0.3, 0.4) is 0 Å². The van der Waals surface area contributed by atoms with Crippen LogP contribution in [0.2, 0.25) is 0 Å². The van der Waals surface area contributed by atoms with Crippen molar-refractivity contribution in [3.05, 3.63) is 17.0 Å². The molecule has 1 amide bonds. The number of carboxylic acid groups (broad SMARTS) is 1. The molecule has 0 bridgehead atoms. The molecule has 0 aromatic carbocycles. The number of piperidine rings is 1. The van der Waals surface area contributed by atoms with E-state index in [2.05, 4.69) is 10.2 Å². The molecule has 1 aliphatic heterocycles. The van der Waals surface area contributed by atoms with E-state index in [-0.39, 0.29) is 18.9 Å². The highest BCUT2D eigenvalue weighted by Crippen LogP contribution is 2.35. The van der Waals surface area contributed by atoms with E-state index in [1.165, 1.54) is 0 Å². The minimum Gasteiger partial charge on any atom is -0.481 e. The number of hydrogen-bond acceptors (Lipinski definition) is 4. The quantitative estimate of drug-likeness (QED) is 0.750. The molecule has 2 heterocycles. The average Bonchev–Trinajstić information content (AvgIpc) is 2.81. The Morgan fingerprint density at radius 2 is 2.13 bits per heavy atom. The van der Waals surface area contributed by atoms with Gasteiger partial charge in [0.1, 0.15) is 5.41 Å². The molecule has 0 radical (unpaired) electrons. The highest BCUT2D eigenvalue weighted by molar-refractivity contribution is 5.82. The number of aliphatic hydroxyl groups excluding tert-OH is 1. The van der Waals surface area contributed by atoms with E-state index in [0.717, 1.165) is 17.0 Å². The Morgan fingerprint density at radius 3 is 2.65 bits per heavy atom. The molecular formula is C16H25N3O4. The summed E-state index contributed by atoms with van der Waals surface area (Å²) in [5, 5.41) is 26.8. The zero-order valence-electron chi connectivity index (χ0n) is 13.9. The van der Waals surface area contributed by atoms with Crippen molar-refractivity contribution < 1.29 is 19.8 Å². The van der Waals surface area contributed by atoms with Gasteiger partial charge in [-0.05, 0) is 26.7 Å². The Kier molecular flexibility index (Phi) is 5.09. The number of aryl methyl sites for hydroxylation is 2. The van der Waals surface area contributed by atoms with E-state index in [4.69, 9.17) is 0 Å². The van der Waals surface area contributed by atoms with Gasteiger partial charge in [-0.25, -0.2) is 0 Å². The van der Waals surface area contributed by atoms with E-state index in [1.54, 1.807) is 4.90 Å². The Balaban J connectivity index is 2.17. The summed E-state index contributed by atoms with van der Waals surface area (Å²) in [4.78, 5) is 25.9. The molecule has 0 spiro atoms. The summed E-state index contributed by atoms with van der Waals surface area (Å²) in [7, 11) is 0. The van der Waals surface area contributed by atoms with Crippen LogP contribution < -0.4 is 0 Å². The summed E-state index contributed by atoms with van der Waals surface area (Å²) in [6, 6.07) is 0. The van der Waals surface area contributed by atoms with Gasteiger partial charge in [0.2, 0.25) is 5.91 Å². The number of aliphatic carboxylic acids is 1. The fraction of sp³-hybridized carbons (Fsp3) is 0.688. The number of aliphatic hydroxyl groups is 1. The van der Waals surface area contributed by atoms with Crippen molar-refractivity contribution in [1.29, 1.82) is 0 Å². The van der Waals surface area contributed by atoms with Crippen LogP contribution in [-0.2, 0) is 16.0 Å². The Hall–Kier alpha value is -1.89. The largest absolute Gasteiger partial charge is 0.481 e. The molecule has 1 aromatic rings. The van der Waals surface area contributed by atoms with Gasteiger partial charge >= 0.3 is 5.97 Å². The third kappa shape index (κ3) is 3.24. The number of likely N-dealkylation sites (tertiary alicyclic amines) is 1. The van der Waals surface area contributed by atoms with Crippen LogP contribution in [0.1, 0.15) is 43.1 Å². The lowest BCUT2D eigenvalue weighted by atomic mass is 9.74. The summed E-state index contributed by atoms with van der Waals surface area (Å²) >= 11 is 0. The second-order valence-electron chi connectivity index (χ2n) is 6.42. The van der Waals surface area contributed by atoms with Gasteiger partial charge in [-0.2, -0.15) is 5.10 Å². The van der Waals surface area contributed by atoms with Crippen molar-refractivity contribution in [3.63, 3.8) is 0 Å². The number of carbonyl (C=O) groups excluding carboxylic acids is 1. The molecule has 1 saturated heterocycles. The minimum atomic E-state index is -1.26. The Labute approximate surface area is 135 Å². The van der Waals surface area contributed by atoms with Crippen LogP contribution in [0.25, 0.3) is 0 Å². The first-order valence-corrected chi connectivity index (χ1v) is 8.01. The summed E-state index contributed by atoms with van der Waals surface area (Å²) in [5.41, 5.74) is 1.23. The maximum atomic E-state index is 12.6. The van der Waals surface area contributed by atoms with Crippen molar-refractivity contribution in [2.24, 2.45) is 5.41 Å². The number of carboxylic acids is 1. The first-order valence-electron chi connectivity index (χ1n) is 8.01. The number of nitrogens with one attached hydrogen (secondary N) is 1. The maximum absolute atomic E-state index is 12.6. The fourth-order valence-corrected chi connectivity index (χ4v) is 3.40. The molecule has 1 fully saturated rings. The first-order chi connectivity index (χ1) is 10.8. The smallest absolute Gasteiger partial charge is 0.314 e. The zero-order chi connectivity index (χ0) is 17.2.